The molecular weight excluding hydrogens is 456 g/mol. The smallest absolute Gasteiger partial charge is 0.337 e. The maximum Gasteiger partial charge on any atom is 0.337 e. The van der Waals surface area contributed by atoms with Crippen LogP contribution in [-0.4, -0.2) is 67.4 Å². The summed E-state index contributed by atoms with van der Waals surface area (Å²) in [6.07, 6.45) is 0. The van der Waals surface area contributed by atoms with Crippen LogP contribution in [0.1, 0.15) is 21.5 Å². The van der Waals surface area contributed by atoms with Crippen molar-refractivity contribution in [2.24, 2.45) is 4.99 Å². The Morgan fingerprint density at radius 3 is 2.28 bits per heavy atom. The van der Waals surface area contributed by atoms with Gasteiger partial charge in [0.2, 0.25) is 5.91 Å². The van der Waals surface area contributed by atoms with E-state index >= 15 is 0 Å². The van der Waals surface area contributed by atoms with E-state index in [0.717, 1.165) is 11.3 Å². The maximum atomic E-state index is 12.4. The Balaban J connectivity index is 1.77. The largest absolute Gasteiger partial charge is 0.494 e. The molecule has 2 N–H and O–H groups in total. The zero-order valence-electron chi connectivity index (χ0n) is 20.6. The number of carbonyl (C=O) groups is 2. The molecule has 8 nitrogen and oxygen atoms in total. The number of hydrogen-bond donors (Lipinski definition) is 2. The molecule has 0 atom stereocenters. The first kappa shape index (κ1) is 24.7. The predicted octanol–water partition coefficient (Wildman–Crippen LogP) is 4.35. The molecule has 0 aliphatic carbocycles. The van der Waals surface area contributed by atoms with Gasteiger partial charge in [-0.2, -0.15) is 0 Å². The zero-order valence-corrected chi connectivity index (χ0v) is 20.6. The van der Waals surface area contributed by atoms with Gasteiger partial charge in [0.1, 0.15) is 0 Å². The third-order valence-corrected chi connectivity index (χ3v) is 5.79. The minimum atomic E-state index is -0.460. The van der Waals surface area contributed by atoms with Crippen LogP contribution in [-0.2, 0) is 9.53 Å². The first-order valence-electron chi connectivity index (χ1n) is 11.4. The van der Waals surface area contributed by atoms with Crippen molar-refractivity contribution in [3.8, 4) is 5.88 Å². The lowest BCUT2D eigenvalue weighted by Crippen LogP contribution is -2.34. The average molecular weight is 485 g/mol. The van der Waals surface area contributed by atoms with E-state index < -0.39 is 5.97 Å². The van der Waals surface area contributed by atoms with E-state index in [1.165, 1.54) is 7.11 Å². The van der Waals surface area contributed by atoms with E-state index in [2.05, 4.69) is 4.98 Å². The van der Waals surface area contributed by atoms with Gasteiger partial charge in [0.15, 0.2) is 5.88 Å². The average Bonchev–Trinajstić information content (AvgIpc) is 3.21. The summed E-state index contributed by atoms with van der Waals surface area (Å²) in [4.78, 5) is 35.6. The molecule has 4 aromatic rings. The van der Waals surface area contributed by atoms with Gasteiger partial charge in [0.25, 0.3) is 0 Å². The highest BCUT2D eigenvalue weighted by Gasteiger charge is 2.20. The van der Waals surface area contributed by atoms with Gasteiger partial charge in [-0.25, -0.2) is 9.79 Å². The summed E-state index contributed by atoms with van der Waals surface area (Å²) in [5.41, 5.74) is 4.28. The number of H-pyrrole nitrogens is 1. The number of aliphatic imine (C=N–C) groups is 1. The normalized spacial score (nSPS) is 11.6. The van der Waals surface area contributed by atoms with E-state index in [1.807, 2.05) is 73.6 Å². The van der Waals surface area contributed by atoms with Crippen LogP contribution in [0.3, 0.4) is 0 Å². The van der Waals surface area contributed by atoms with Crippen LogP contribution in [0.25, 0.3) is 10.9 Å². The molecule has 0 aliphatic heterocycles. The van der Waals surface area contributed by atoms with Crippen molar-refractivity contribution in [2.75, 3.05) is 39.7 Å². The summed E-state index contributed by atoms with van der Waals surface area (Å²) < 4.78 is 4.81. The fraction of sp³-hybridized carbons (Fsp3) is 0.179. The number of nitrogens with one attached hydrogen (secondary N) is 1. The molecule has 0 radical (unpaired) electrons. The van der Waals surface area contributed by atoms with Gasteiger partial charge < -0.3 is 24.6 Å². The van der Waals surface area contributed by atoms with E-state index in [0.29, 0.717) is 40.0 Å². The number of benzene rings is 3. The zero-order chi connectivity index (χ0) is 25.8. The number of aromatic amines is 1. The fourth-order valence-electron chi connectivity index (χ4n) is 3.93. The van der Waals surface area contributed by atoms with Gasteiger partial charge in [0, 0.05) is 29.2 Å². The molecule has 1 heterocycles. The minimum Gasteiger partial charge on any atom is -0.494 e. The molecule has 0 fully saturated rings. The van der Waals surface area contributed by atoms with Crippen molar-refractivity contribution in [1.82, 2.24) is 9.88 Å². The minimum absolute atomic E-state index is 0.0173. The summed E-state index contributed by atoms with van der Waals surface area (Å²) in [5.74, 6) is -0.532. The number of fused-ring (bicyclic) bond motifs is 1. The molecule has 0 bridgehead atoms. The first-order valence-corrected chi connectivity index (χ1v) is 11.4. The molecule has 36 heavy (non-hydrogen) atoms. The lowest BCUT2D eigenvalue weighted by molar-refractivity contribution is -0.118. The number of hydrogen-bond acceptors (Lipinski definition) is 6. The number of aromatic nitrogens is 1. The number of esters is 1. The van der Waals surface area contributed by atoms with Crippen molar-refractivity contribution >= 4 is 39.9 Å². The van der Waals surface area contributed by atoms with Crippen molar-refractivity contribution in [2.45, 2.75) is 0 Å². The number of amides is 1. The molecule has 184 valence electrons. The fourth-order valence-corrected chi connectivity index (χ4v) is 3.93. The van der Waals surface area contributed by atoms with Crippen molar-refractivity contribution < 1.29 is 19.4 Å². The molecule has 0 aliphatic rings. The predicted molar refractivity (Wildman–Crippen MR) is 141 cm³/mol. The van der Waals surface area contributed by atoms with Crippen LogP contribution in [0.5, 0.6) is 5.88 Å². The highest BCUT2D eigenvalue weighted by Crippen LogP contribution is 2.32. The van der Waals surface area contributed by atoms with Gasteiger partial charge in [-0.15, -0.1) is 0 Å². The second-order valence-corrected chi connectivity index (χ2v) is 8.63. The number of methoxy groups -OCH3 is 1. The third-order valence-electron chi connectivity index (χ3n) is 5.79. The van der Waals surface area contributed by atoms with Crippen LogP contribution in [0, 0.1) is 0 Å². The Bertz CT molecular complexity index is 1420. The molecule has 3 aromatic carbocycles. The molecule has 4 rings (SSSR count). The topological polar surface area (TPSA) is 98.2 Å². The lowest BCUT2D eigenvalue weighted by atomic mass is 10.00. The van der Waals surface area contributed by atoms with Crippen molar-refractivity contribution in [3.63, 3.8) is 0 Å². The molecule has 0 saturated heterocycles. The van der Waals surface area contributed by atoms with Crippen LogP contribution in [0.15, 0.2) is 77.8 Å². The molecule has 1 aromatic heterocycles. The van der Waals surface area contributed by atoms with Crippen LogP contribution >= 0.6 is 0 Å². The first-order chi connectivity index (χ1) is 17.3. The number of aromatic hydroxyl groups is 1. The Morgan fingerprint density at radius 2 is 1.64 bits per heavy atom. The van der Waals surface area contributed by atoms with E-state index in [1.54, 1.807) is 30.1 Å². The Labute approximate surface area is 209 Å². The van der Waals surface area contributed by atoms with Crippen LogP contribution < -0.4 is 4.90 Å². The summed E-state index contributed by atoms with van der Waals surface area (Å²) >= 11 is 0. The number of carbonyl (C=O) groups excluding carboxylic acids is 2. The quantitative estimate of drug-likeness (QED) is 0.300. The Hall–Kier alpha value is -4.43. The summed E-state index contributed by atoms with van der Waals surface area (Å²) in [6.45, 7) is 0.312. The number of nitrogens with zero attached hydrogens (tertiary/aromatic N) is 3. The summed E-state index contributed by atoms with van der Waals surface area (Å²) in [7, 11) is 6.77. The van der Waals surface area contributed by atoms with Crippen molar-refractivity contribution in [3.05, 3.63) is 89.5 Å². The molecule has 1 amide bonds. The van der Waals surface area contributed by atoms with E-state index in [9.17, 15) is 14.7 Å². The Kier molecular flexibility index (Phi) is 7.17. The molecule has 0 unspecified atom stereocenters. The van der Waals surface area contributed by atoms with E-state index in [4.69, 9.17) is 9.73 Å². The van der Waals surface area contributed by atoms with Crippen molar-refractivity contribution in [1.29, 1.82) is 0 Å². The van der Waals surface area contributed by atoms with Gasteiger partial charge in [-0.1, -0.05) is 36.4 Å². The van der Waals surface area contributed by atoms with Crippen LogP contribution in [0.2, 0.25) is 0 Å². The monoisotopic (exact) mass is 484 g/mol. The van der Waals surface area contributed by atoms with Crippen LogP contribution in [0.4, 0.5) is 11.4 Å². The molecule has 0 saturated carbocycles. The highest BCUT2D eigenvalue weighted by molar-refractivity contribution is 6.22. The second kappa shape index (κ2) is 10.5. The number of anilines is 1. The molecule has 0 spiro atoms. The maximum absolute atomic E-state index is 12.4. The second-order valence-electron chi connectivity index (χ2n) is 8.63. The van der Waals surface area contributed by atoms with Gasteiger partial charge in [-0.05, 0) is 50.5 Å². The third kappa shape index (κ3) is 5.13. The van der Waals surface area contributed by atoms with E-state index in [-0.39, 0.29) is 11.8 Å². The van der Waals surface area contributed by atoms with Gasteiger partial charge >= 0.3 is 5.97 Å². The highest BCUT2D eigenvalue weighted by atomic mass is 16.5. The number of rotatable bonds is 7. The summed E-state index contributed by atoms with van der Waals surface area (Å²) in [5, 5.41) is 11.6. The van der Waals surface area contributed by atoms with Gasteiger partial charge in [0.05, 0.1) is 36.2 Å². The molecule has 8 heteroatoms. The van der Waals surface area contributed by atoms with Gasteiger partial charge in [-0.3, -0.25) is 4.79 Å². The SMILES string of the molecule is COC(=O)c1ccc2c(C(=Nc3ccc(N(C)C(=O)CN(C)C)cc3)c3ccccc3)c(O)[nH]c2c1. The number of ether oxygens (including phenoxy) is 1. The molecular formula is C28H28N4O4. The Morgan fingerprint density at radius 1 is 0.944 bits per heavy atom. The lowest BCUT2D eigenvalue weighted by Gasteiger charge is -2.19. The number of likely N-dealkylation sites (N-methyl/N-ethyl adjacent to an activating group) is 2. The summed E-state index contributed by atoms with van der Waals surface area (Å²) in [6, 6.07) is 22.0. The standard InChI is InChI=1S/C28H28N4O4/c1-31(2)17-24(33)32(3)21-13-11-20(12-14-21)29-26(18-8-6-5-7-9-18)25-22-15-10-19(28(35)36-4)16-23(22)30-27(25)34/h5-16,30,34H,17H2,1-4H3.